The molecule has 1 heterocycles. The van der Waals surface area contributed by atoms with E-state index in [1.54, 1.807) is 0 Å². The highest BCUT2D eigenvalue weighted by Gasteiger charge is 2.46. The van der Waals surface area contributed by atoms with E-state index in [0.717, 1.165) is 19.1 Å². The molecular formula is C11H21NO. The second-order valence-corrected chi connectivity index (χ2v) is 4.91. The fraction of sp³-hybridized carbons (Fsp3) is 1.00. The Balaban J connectivity index is 1.82. The summed E-state index contributed by atoms with van der Waals surface area (Å²) in [6, 6.07) is 0.398. The van der Waals surface area contributed by atoms with Gasteiger partial charge >= 0.3 is 0 Å². The van der Waals surface area contributed by atoms with Gasteiger partial charge in [-0.3, -0.25) is 0 Å². The normalized spacial score (nSPS) is 30.0. The van der Waals surface area contributed by atoms with Crippen LogP contribution < -0.4 is 5.73 Å². The van der Waals surface area contributed by atoms with E-state index in [1.807, 2.05) is 0 Å². The number of nitrogens with two attached hydrogens (primary N) is 1. The van der Waals surface area contributed by atoms with Crippen molar-refractivity contribution < 1.29 is 4.74 Å². The Labute approximate surface area is 80.8 Å². The van der Waals surface area contributed by atoms with Crippen LogP contribution in [0.1, 0.15) is 39.0 Å². The van der Waals surface area contributed by atoms with Gasteiger partial charge in [-0.2, -0.15) is 0 Å². The highest BCUT2D eigenvalue weighted by molar-refractivity contribution is 5.00. The average molecular weight is 183 g/mol. The van der Waals surface area contributed by atoms with Crippen molar-refractivity contribution in [1.29, 1.82) is 0 Å². The van der Waals surface area contributed by atoms with E-state index >= 15 is 0 Å². The summed E-state index contributed by atoms with van der Waals surface area (Å²) in [5, 5.41) is 0. The van der Waals surface area contributed by atoms with Gasteiger partial charge < -0.3 is 10.5 Å². The smallest absolute Gasteiger partial charge is 0.0468 e. The molecule has 1 saturated carbocycles. The molecule has 2 fully saturated rings. The molecule has 0 bridgehead atoms. The Morgan fingerprint density at radius 2 is 2.00 bits per heavy atom. The largest absolute Gasteiger partial charge is 0.381 e. The first-order valence-electron chi connectivity index (χ1n) is 5.56. The molecule has 1 aliphatic carbocycles. The molecule has 13 heavy (non-hydrogen) atoms. The predicted molar refractivity (Wildman–Crippen MR) is 53.5 cm³/mol. The molecular weight excluding hydrogens is 162 g/mol. The summed E-state index contributed by atoms with van der Waals surface area (Å²) in [5.41, 5.74) is 6.55. The van der Waals surface area contributed by atoms with Gasteiger partial charge in [0, 0.05) is 19.3 Å². The van der Waals surface area contributed by atoms with Crippen LogP contribution in [-0.4, -0.2) is 19.3 Å². The number of rotatable bonds is 3. The van der Waals surface area contributed by atoms with Crippen molar-refractivity contribution in [3.05, 3.63) is 0 Å². The Morgan fingerprint density at radius 3 is 2.46 bits per heavy atom. The minimum absolute atomic E-state index is 0.398. The third-order valence-corrected chi connectivity index (χ3v) is 3.89. The summed E-state index contributed by atoms with van der Waals surface area (Å²) in [4.78, 5) is 0. The Kier molecular flexibility index (Phi) is 2.61. The quantitative estimate of drug-likeness (QED) is 0.725. The zero-order valence-electron chi connectivity index (χ0n) is 8.59. The van der Waals surface area contributed by atoms with Crippen LogP contribution in [0.25, 0.3) is 0 Å². The van der Waals surface area contributed by atoms with E-state index < -0.39 is 0 Å². The molecule has 0 radical (unpaired) electrons. The summed E-state index contributed by atoms with van der Waals surface area (Å²) in [6.07, 6.45) is 6.60. The van der Waals surface area contributed by atoms with Crippen LogP contribution in [0, 0.1) is 11.3 Å². The maximum Gasteiger partial charge on any atom is 0.0468 e. The summed E-state index contributed by atoms with van der Waals surface area (Å²) in [7, 11) is 0. The lowest BCUT2D eigenvalue weighted by Crippen LogP contribution is -2.31. The van der Waals surface area contributed by atoms with Crippen molar-refractivity contribution in [2.45, 2.75) is 45.1 Å². The second-order valence-electron chi connectivity index (χ2n) is 4.91. The highest BCUT2D eigenvalue weighted by Crippen LogP contribution is 2.53. The van der Waals surface area contributed by atoms with E-state index in [-0.39, 0.29) is 0 Å². The lowest BCUT2D eigenvalue weighted by atomic mass is 9.83. The van der Waals surface area contributed by atoms with Gasteiger partial charge in [0.05, 0.1) is 0 Å². The second kappa shape index (κ2) is 3.58. The molecule has 0 spiro atoms. The molecule has 0 amide bonds. The third-order valence-electron chi connectivity index (χ3n) is 3.89. The van der Waals surface area contributed by atoms with Crippen LogP contribution in [0.5, 0.6) is 0 Å². The van der Waals surface area contributed by atoms with Crippen LogP contribution in [0.2, 0.25) is 0 Å². The molecule has 1 atom stereocenters. The van der Waals surface area contributed by atoms with Gasteiger partial charge in [-0.25, -0.2) is 0 Å². The van der Waals surface area contributed by atoms with Crippen LogP contribution in [0.15, 0.2) is 0 Å². The SMILES string of the molecule is CC(N)C1(CC2CCOCC2)CC1. The van der Waals surface area contributed by atoms with Crippen molar-refractivity contribution in [1.82, 2.24) is 0 Å². The molecule has 2 aliphatic rings. The fourth-order valence-corrected chi connectivity index (χ4v) is 2.53. The highest BCUT2D eigenvalue weighted by atomic mass is 16.5. The van der Waals surface area contributed by atoms with Crippen LogP contribution in [-0.2, 0) is 4.74 Å². The first-order chi connectivity index (χ1) is 6.23. The van der Waals surface area contributed by atoms with Gasteiger partial charge in [0.1, 0.15) is 0 Å². The van der Waals surface area contributed by atoms with Gasteiger partial charge in [-0.15, -0.1) is 0 Å². The molecule has 0 aromatic rings. The van der Waals surface area contributed by atoms with Gasteiger partial charge in [-0.1, -0.05) is 0 Å². The predicted octanol–water partition coefficient (Wildman–Crippen LogP) is 1.93. The number of ether oxygens (including phenoxy) is 1. The standard InChI is InChI=1S/C11H21NO/c1-9(12)11(4-5-11)8-10-2-6-13-7-3-10/h9-10H,2-8,12H2,1H3. The minimum atomic E-state index is 0.398. The molecule has 2 nitrogen and oxygen atoms in total. The van der Waals surface area contributed by atoms with Crippen LogP contribution in [0.4, 0.5) is 0 Å². The summed E-state index contributed by atoms with van der Waals surface area (Å²) >= 11 is 0. The minimum Gasteiger partial charge on any atom is -0.381 e. The van der Waals surface area contributed by atoms with Crippen LogP contribution in [0.3, 0.4) is 0 Å². The zero-order chi connectivity index (χ0) is 9.31. The van der Waals surface area contributed by atoms with E-state index in [2.05, 4.69) is 6.92 Å². The molecule has 0 aromatic carbocycles. The summed E-state index contributed by atoms with van der Waals surface area (Å²) in [6.45, 7) is 4.12. The fourth-order valence-electron chi connectivity index (χ4n) is 2.53. The van der Waals surface area contributed by atoms with Crippen molar-refractivity contribution in [2.24, 2.45) is 17.1 Å². The zero-order valence-corrected chi connectivity index (χ0v) is 8.59. The Morgan fingerprint density at radius 1 is 1.38 bits per heavy atom. The maximum absolute atomic E-state index is 6.02. The first-order valence-corrected chi connectivity index (χ1v) is 5.56. The molecule has 0 aromatic heterocycles. The molecule has 2 rings (SSSR count). The first kappa shape index (κ1) is 9.47. The Hall–Kier alpha value is -0.0800. The summed E-state index contributed by atoms with van der Waals surface area (Å²) < 4.78 is 5.36. The third kappa shape index (κ3) is 2.05. The van der Waals surface area contributed by atoms with Gasteiger partial charge in [0.15, 0.2) is 0 Å². The molecule has 76 valence electrons. The van der Waals surface area contributed by atoms with Gasteiger partial charge in [0.25, 0.3) is 0 Å². The van der Waals surface area contributed by atoms with E-state index in [9.17, 15) is 0 Å². The molecule has 2 heteroatoms. The monoisotopic (exact) mass is 183 g/mol. The molecule has 2 N–H and O–H groups in total. The summed E-state index contributed by atoms with van der Waals surface area (Å²) in [5.74, 6) is 0.891. The van der Waals surface area contributed by atoms with Crippen molar-refractivity contribution >= 4 is 0 Å². The van der Waals surface area contributed by atoms with E-state index in [4.69, 9.17) is 10.5 Å². The number of hydrogen-bond donors (Lipinski definition) is 1. The number of hydrogen-bond acceptors (Lipinski definition) is 2. The maximum atomic E-state index is 6.02. The van der Waals surface area contributed by atoms with Crippen molar-refractivity contribution in [3.8, 4) is 0 Å². The van der Waals surface area contributed by atoms with E-state index in [0.29, 0.717) is 11.5 Å². The average Bonchev–Trinajstić information content (AvgIpc) is 2.87. The Bertz CT molecular complexity index is 169. The lowest BCUT2D eigenvalue weighted by Gasteiger charge is -2.28. The van der Waals surface area contributed by atoms with E-state index in [1.165, 1.54) is 32.1 Å². The van der Waals surface area contributed by atoms with Crippen LogP contribution >= 0.6 is 0 Å². The topological polar surface area (TPSA) is 35.2 Å². The lowest BCUT2D eigenvalue weighted by molar-refractivity contribution is 0.0554. The van der Waals surface area contributed by atoms with Crippen molar-refractivity contribution in [3.63, 3.8) is 0 Å². The molecule has 1 aliphatic heterocycles. The molecule has 1 unspecified atom stereocenters. The molecule has 1 saturated heterocycles. The van der Waals surface area contributed by atoms with Gasteiger partial charge in [0.2, 0.25) is 0 Å². The van der Waals surface area contributed by atoms with Crippen molar-refractivity contribution in [2.75, 3.05) is 13.2 Å². The van der Waals surface area contributed by atoms with Gasteiger partial charge in [-0.05, 0) is 50.4 Å².